The molecule has 0 bridgehead atoms. The minimum absolute atomic E-state index is 0.0728. The van der Waals surface area contributed by atoms with E-state index in [4.69, 9.17) is 14.2 Å². The number of hydrogen-bond donors (Lipinski definition) is 3. The van der Waals surface area contributed by atoms with E-state index < -0.39 is 24.2 Å². The van der Waals surface area contributed by atoms with Crippen LogP contribution in [0.3, 0.4) is 0 Å². The second-order valence-electron chi connectivity index (χ2n) is 9.75. The number of nitrogens with one attached hydrogen (secondary N) is 1. The fourth-order valence-electron chi connectivity index (χ4n) is 5.27. The van der Waals surface area contributed by atoms with E-state index in [1.54, 1.807) is 23.1 Å². The van der Waals surface area contributed by atoms with E-state index in [0.717, 1.165) is 38.5 Å². The van der Waals surface area contributed by atoms with Gasteiger partial charge >= 0.3 is 0 Å². The van der Waals surface area contributed by atoms with Crippen LogP contribution in [-0.4, -0.2) is 91.0 Å². The van der Waals surface area contributed by atoms with Crippen molar-refractivity contribution >= 4 is 40.7 Å². The number of aliphatic hydroxyl groups is 2. The molecular weight excluding hydrogens is 619 g/mol. The Hall–Kier alpha value is -2.22. The number of nitrogens with zero attached hydrogens (tertiary/aromatic N) is 1. The Bertz CT molecular complexity index is 1030. The highest BCUT2D eigenvalue weighted by Crippen LogP contribution is 2.37. The number of ether oxygens (including phenoxy) is 3. The molecule has 1 saturated carbocycles. The number of rotatable bonds is 12. The quantitative estimate of drug-likeness (QED) is 0.177. The highest BCUT2D eigenvalue weighted by Gasteiger charge is 2.43. The summed E-state index contributed by atoms with van der Waals surface area (Å²) < 4.78 is 17.8. The molecule has 10 nitrogen and oxygen atoms in total. The Labute approximate surface area is 243 Å². The second-order valence-corrected chi connectivity index (χ2v) is 10.9. The molecule has 39 heavy (non-hydrogen) atoms. The first-order chi connectivity index (χ1) is 18.8. The SMILES string of the molecule is CCOCC(=O)N(C1CCCCCC1)C1CC(C(=O)NCCO)=CC(Oc2c(I)cc(C=O)cc2OC)C1O. The number of carbonyl (C=O) groups excluding carboxylic acids is 3. The van der Waals surface area contributed by atoms with Crippen LogP contribution in [0.25, 0.3) is 0 Å². The number of hydrogen-bond acceptors (Lipinski definition) is 8. The van der Waals surface area contributed by atoms with Crippen molar-refractivity contribution in [1.82, 2.24) is 10.2 Å². The lowest BCUT2D eigenvalue weighted by atomic mass is 9.86. The van der Waals surface area contributed by atoms with Crippen LogP contribution < -0.4 is 14.8 Å². The van der Waals surface area contributed by atoms with Gasteiger partial charge in [0.05, 0.1) is 23.3 Å². The van der Waals surface area contributed by atoms with Crippen LogP contribution in [0, 0.1) is 3.57 Å². The number of halogens is 1. The molecule has 0 radical (unpaired) electrons. The maximum absolute atomic E-state index is 13.5. The van der Waals surface area contributed by atoms with Crippen molar-refractivity contribution in [3.8, 4) is 11.5 Å². The van der Waals surface area contributed by atoms with Crippen LogP contribution in [0.4, 0.5) is 0 Å². The molecule has 1 aromatic rings. The lowest BCUT2D eigenvalue weighted by molar-refractivity contribution is -0.147. The average Bonchev–Trinajstić information content (AvgIpc) is 3.22. The monoisotopic (exact) mass is 658 g/mol. The zero-order chi connectivity index (χ0) is 28.4. The first kappa shape index (κ1) is 31.3. The molecule has 0 aliphatic heterocycles. The summed E-state index contributed by atoms with van der Waals surface area (Å²) in [6.07, 6.45) is 6.00. The van der Waals surface area contributed by atoms with Gasteiger partial charge in [0, 0.05) is 36.8 Å². The van der Waals surface area contributed by atoms with Crippen molar-refractivity contribution in [3.05, 3.63) is 32.9 Å². The molecule has 216 valence electrons. The molecule has 1 fully saturated rings. The molecule has 2 amide bonds. The molecule has 3 atom stereocenters. The van der Waals surface area contributed by atoms with Crippen molar-refractivity contribution in [2.24, 2.45) is 0 Å². The largest absolute Gasteiger partial charge is 0.493 e. The maximum atomic E-state index is 13.5. The summed E-state index contributed by atoms with van der Waals surface area (Å²) in [5.41, 5.74) is 0.761. The number of amides is 2. The van der Waals surface area contributed by atoms with Gasteiger partial charge in [-0.2, -0.15) is 0 Å². The summed E-state index contributed by atoms with van der Waals surface area (Å²) in [5.74, 6) is 0.00382. The molecule has 11 heteroatoms. The van der Waals surface area contributed by atoms with Crippen LogP contribution in [-0.2, 0) is 14.3 Å². The summed E-state index contributed by atoms with van der Waals surface area (Å²) >= 11 is 2.03. The van der Waals surface area contributed by atoms with Crippen LogP contribution in [0.2, 0.25) is 0 Å². The van der Waals surface area contributed by atoms with Gasteiger partial charge in [0.1, 0.15) is 25.1 Å². The third-order valence-corrected chi connectivity index (χ3v) is 7.95. The van der Waals surface area contributed by atoms with Gasteiger partial charge in [-0.15, -0.1) is 0 Å². The van der Waals surface area contributed by atoms with Crippen molar-refractivity contribution < 1.29 is 38.8 Å². The summed E-state index contributed by atoms with van der Waals surface area (Å²) in [6.45, 7) is 1.94. The number of aldehydes is 1. The molecule has 3 N–H and O–H groups in total. The summed E-state index contributed by atoms with van der Waals surface area (Å²) in [5, 5.41) is 23.6. The van der Waals surface area contributed by atoms with E-state index in [1.165, 1.54) is 7.11 Å². The Morgan fingerprint density at radius 2 is 1.92 bits per heavy atom. The zero-order valence-corrected chi connectivity index (χ0v) is 24.7. The number of benzene rings is 1. The fraction of sp³-hybridized carbons (Fsp3) is 0.607. The Kier molecular flexibility index (Phi) is 12.5. The van der Waals surface area contributed by atoms with Gasteiger partial charge in [-0.1, -0.05) is 25.7 Å². The molecule has 3 rings (SSSR count). The first-order valence-corrected chi connectivity index (χ1v) is 14.6. The number of carbonyl (C=O) groups is 3. The lowest BCUT2D eigenvalue weighted by Crippen LogP contribution is -2.58. The van der Waals surface area contributed by atoms with Gasteiger partial charge in [-0.05, 0) is 60.6 Å². The highest BCUT2D eigenvalue weighted by molar-refractivity contribution is 14.1. The molecular formula is C28H39IN2O8. The lowest BCUT2D eigenvalue weighted by Gasteiger charge is -2.44. The molecule has 1 aromatic carbocycles. The van der Waals surface area contributed by atoms with Gasteiger partial charge in [-0.3, -0.25) is 14.4 Å². The predicted molar refractivity (Wildman–Crippen MR) is 153 cm³/mol. The molecule has 0 saturated heterocycles. The molecule has 2 aliphatic carbocycles. The van der Waals surface area contributed by atoms with Gasteiger partial charge in [0.15, 0.2) is 11.5 Å². The Morgan fingerprint density at radius 1 is 1.21 bits per heavy atom. The average molecular weight is 659 g/mol. The van der Waals surface area contributed by atoms with E-state index in [9.17, 15) is 24.6 Å². The van der Waals surface area contributed by atoms with Crippen molar-refractivity contribution in [2.75, 3.05) is 33.5 Å². The van der Waals surface area contributed by atoms with Crippen LogP contribution in [0.1, 0.15) is 62.2 Å². The van der Waals surface area contributed by atoms with Crippen LogP contribution >= 0.6 is 22.6 Å². The topological polar surface area (TPSA) is 135 Å². The third-order valence-electron chi connectivity index (χ3n) is 7.15. The van der Waals surface area contributed by atoms with E-state index in [0.29, 0.717) is 39.1 Å². The van der Waals surface area contributed by atoms with Gasteiger partial charge in [-0.25, -0.2) is 0 Å². The third kappa shape index (κ3) is 8.15. The van der Waals surface area contributed by atoms with E-state index in [1.807, 2.05) is 29.5 Å². The molecule has 2 aliphatic rings. The highest BCUT2D eigenvalue weighted by atomic mass is 127. The Morgan fingerprint density at radius 3 is 2.54 bits per heavy atom. The molecule has 3 unspecified atom stereocenters. The van der Waals surface area contributed by atoms with Gasteiger partial charge in [0.2, 0.25) is 11.8 Å². The van der Waals surface area contributed by atoms with Gasteiger partial charge < -0.3 is 34.6 Å². The van der Waals surface area contributed by atoms with E-state index >= 15 is 0 Å². The molecule has 0 aromatic heterocycles. The minimum atomic E-state index is -1.15. The summed E-state index contributed by atoms with van der Waals surface area (Å²) in [6, 6.07) is 2.35. The number of aliphatic hydroxyl groups excluding tert-OH is 2. The van der Waals surface area contributed by atoms with Crippen LogP contribution in [0.5, 0.6) is 11.5 Å². The molecule has 0 heterocycles. The first-order valence-electron chi connectivity index (χ1n) is 13.5. The maximum Gasteiger partial charge on any atom is 0.249 e. The Balaban J connectivity index is 2.02. The summed E-state index contributed by atoms with van der Waals surface area (Å²) in [7, 11) is 1.46. The van der Waals surface area contributed by atoms with Crippen molar-refractivity contribution in [3.63, 3.8) is 0 Å². The summed E-state index contributed by atoms with van der Waals surface area (Å²) in [4.78, 5) is 39.7. The zero-order valence-electron chi connectivity index (χ0n) is 22.6. The predicted octanol–water partition coefficient (Wildman–Crippen LogP) is 2.62. The standard InChI is InChI=1S/C28H39IN2O8/c1-3-38-17-25(34)31(20-8-6-4-5-7-9-20)22-14-19(28(36)30-10-11-32)15-23(26(22)35)39-27-21(29)12-18(16-33)13-24(27)37-2/h12-13,15-16,20,22-23,26,32,35H,3-11,14,17H2,1-2H3,(H,30,36). The number of methoxy groups -OCH3 is 1. The van der Waals surface area contributed by atoms with Gasteiger partial charge in [0.25, 0.3) is 0 Å². The normalized spacial score (nSPS) is 21.9. The van der Waals surface area contributed by atoms with Crippen molar-refractivity contribution in [2.45, 2.75) is 76.2 Å². The minimum Gasteiger partial charge on any atom is -0.493 e. The van der Waals surface area contributed by atoms with E-state index in [2.05, 4.69) is 5.32 Å². The van der Waals surface area contributed by atoms with E-state index in [-0.39, 0.29) is 38.1 Å². The van der Waals surface area contributed by atoms with Crippen LogP contribution in [0.15, 0.2) is 23.8 Å². The fourth-order valence-corrected chi connectivity index (χ4v) is 6.02. The second kappa shape index (κ2) is 15.5. The van der Waals surface area contributed by atoms with Crippen molar-refractivity contribution in [1.29, 1.82) is 0 Å². The smallest absolute Gasteiger partial charge is 0.249 e. The molecule has 0 spiro atoms.